The SMILES string of the molecule is CC(C)c1ccc(C(=O)NC2CCC(=N)/C(=C\C(=O)NCC3CCOCC3)C2)cc1. The Bertz CT molecular complexity index is 792. The van der Waals surface area contributed by atoms with Gasteiger partial charge in [-0.15, -0.1) is 0 Å². The third-order valence-electron chi connectivity index (χ3n) is 5.98. The fraction of sp³-hybridized carbons (Fsp3) is 0.542. The summed E-state index contributed by atoms with van der Waals surface area (Å²) in [5, 5.41) is 14.2. The Labute approximate surface area is 179 Å². The van der Waals surface area contributed by atoms with E-state index in [-0.39, 0.29) is 17.9 Å². The van der Waals surface area contributed by atoms with E-state index in [1.165, 1.54) is 11.6 Å². The van der Waals surface area contributed by atoms with Crippen LogP contribution in [0.5, 0.6) is 0 Å². The van der Waals surface area contributed by atoms with Gasteiger partial charge in [0.1, 0.15) is 0 Å². The lowest BCUT2D eigenvalue weighted by molar-refractivity contribution is -0.116. The molecule has 2 aliphatic rings. The van der Waals surface area contributed by atoms with Gasteiger partial charge < -0.3 is 20.8 Å². The van der Waals surface area contributed by atoms with Crippen LogP contribution in [-0.2, 0) is 9.53 Å². The number of benzene rings is 1. The van der Waals surface area contributed by atoms with Gasteiger partial charge in [0.25, 0.3) is 5.91 Å². The van der Waals surface area contributed by atoms with E-state index in [0.717, 1.165) is 32.5 Å². The molecule has 3 N–H and O–H groups in total. The lowest BCUT2D eigenvalue weighted by Gasteiger charge is -2.26. The molecule has 0 aromatic heterocycles. The minimum Gasteiger partial charge on any atom is -0.381 e. The lowest BCUT2D eigenvalue weighted by Crippen LogP contribution is -2.39. The Kier molecular flexibility index (Phi) is 7.80. The van der Waals surface area contributed by atoms with Crippen LogP contribution in [0.15, 0.2) is 35.9 Å². The zero-order valence-electron chi connectivity index (χ0n) is 18.0. The summed E-state index contributed by atoms with van der Waals surface area (Å²) in [5.74, 6) is 0.627. The standard InChI is InChI=1S/C24H33N3O3/c1-16(2)18-3-5-19(6-4-18)24(29)27-21-7-8-22(25)20(13-21)14-23(28)26-15-17-9-11-30-12-10-17/h3-6,14,16-17,21,25H,7-13,15H2,1-2H3,(H,26,28)(H,27,29)/b20-14-,25-22?. The summed E-state index contributed by atoms with van der Waals surface area (Å²) in [5.41, 5.74) is 3.05. The van der Waals surface area contributed by atoms with E-state index in [0.29, 0.717) is 48.1 Å². The van der Waals surface area contributed by atoms with Crippen molar-refractivity contribution in [1.29, 1.82) is 5.41 Å². The molecule has 1 aromatic rings. The van der Waals surface area contributed by atoms with Crippen LogP contribution in [0, 0.1) is 11.3 Å². The maximum Gasteiger partial charge on any atom is 0.251 e. The maximum atomic E-state index is 12.6. The first-order valence-electron chi connectivity index (χ1n) is 11.0. The summed E-state index contributed by atoms with van der Waals surface area (Å²) in [4.78, 5) is 24.9. The van der Waals surface area contributed by atoms with Gasteiger partial charge in [-0.3, -0.25) is 9.59 Å². The van der Waals surface area contributed by atoms with Crippen molar-refractivity contribution in [2.24, 2.45) is 5.92 Å². The van der Waals surface area contributed by atoms with Crippen molar-refractivity contribution in [2.45, 2.75) is 57.9 Å². The average Bonchev–Trinajstić information content (AvgIpc) is 2.75. The number of nitrogens with one attached hydrogen (secondary N) is 3. The molecule has 1 heterocycles. The molecule has 1 aliphatic carbocycles. The molecule has 0 spiro atoms. The molecule has 1 atom stereocenters. The van der Waals surface area contributed by atoms with Crippen molar-refractivity contribution in [1.82, 2.24) is 10.6 Å². The Hall–Kier alpha value is -2.47. The third-order valence-corrected chi connectivity index (χ3v) is 5.98. The van der Waals surface area contributed by atoms with Crippen molar-refractivity contribution in [3.8, 4) is 0 Å². The van der Waals surface area contributed by atoms with E-state index in [4.69, 9.17) is 10.1 Å². The Balaban J connectivity index is 1.53. The topological polar surface area (TPSA) is 91.3 Å². The fourth-order valence-electron chi connectivity index (χ4n) is 3.93. The molecule has 0 radical (unpaired) electrons. The molecule has 3 rings (SSSR count). The van der Waals surface area contributed by atoms with E-state index in [1.54, 1.807) is 0 Å². The van der Waals surface area contributed by atoms with Gasteiger partial charge in [-0.05, 0) is 67.2 Å². The second-order valence-electron chi connectivity index (χ2n) is 8.64. The molecular weight excluding hydrogens is 378 g/mol. The first-order chi connectivity index (χ1) is 14.4. The van der Waals surface area contributed by atoms with Crippen molar-refractivity contribution in [3.63, 3.8) is 0 Å². The molecule has 1 aromatic carbocycles. The monoisotopic (exact) mass is 411 g/mol. The van der Waals surface area contributed by atoms with Gasteiger partial charge in [-0.25, -0.2) is 0 Å². The molecule has 2 amide bonds. The van der Waals surface area contributed by atoms with Crippen LogP contribution < -0.4 is 10.6 Å². The van der Waals surface area contributed by atoms with Crippen molar-refractivity contribution < 1.29 is 14.3 Å². The smallest absolute Gasteiger partial charge is 0.251 e. The molecule has 1 unspecified atom stereocenters. The van der Waals surface area contributed by atoms with Crippen molar-refractivity contribution in [3.05, 3.63) is 47.0 Å². The molecule has 0 bridgehead atoms. The summed E-state index contributed by atoms with van der Waals surface area (Å²) in [6.07, 6.45) is 5.28. The number of ether oxygens (including phenoxy) is 1. The molecular formula is C24H33N3O3. The zero-order chi connectivity index (χ0) is 21.5. The van der Waals surface area contributed by atoms with Crippen LogP contribution in [0.3, 0.4) is 0 Å². The predicted octanol–water partition coefficient (Wildman–Crippen LogP) is 3.58. The van der Waals surface area contributed by atoms with E-state index in [1.807, 2.05) is 24.3 Å². The molecule has 30 heavy (non-hydrogen) atoms. The maximum absolute atomic E-state index is 12.6. The van der Waals surface area contributed by atoms with E-state index >= 15 is 0 Å². The van der Waals surface area contributed by atoms with Gasteiger partial charge in [0.15, 0.2) is 0 Å². The molecule has 1 aliphatic heterocycles. The van der Waals surface area contributed by atoms with Crippen molar-refractivity contribution >= 4 is 17.5 Å². The van der Waals surface area contributed by atoms with E-state index < -0.39 is 0 Å². The number of hydrogen-bond donors (Lipinski definition) is 3. The van der Waals surface area contributed by atoms with Crippen LogP contribution in [0.1, 0.15) is 67.8 Å². The molecule has 2 fully saturated rings. The highest BCUT2D eigenvalue weighted by Gasteiger charge is 2.24. The van der Waals surface area contributed by atoms with Crippen LogP contribution in [-0.4, -0.2) is 43.3 Å². The second-order valence-corrected chi connectivity index (χ2v) is 8.64. The Morgan fingerprint density at radius 1 is 1.17 bits per heavy atom. The summed E-state index contributed by atoms with van der Waals surface area (Å²) in [6.45, 7) is 6.41. The van der Waals surface area contributed by atoms with Gasteiger partial charge in [0.05, 0.1) is 0 Å². The quantitative estimate of drug-likeness (QED) is 0.625. The normalized spacial score (nSPS) is 21.6. The predicted molar refractivity (Wildman–Crippen MR) is 118 cm³/mol. The highest BCUT2D eigenvalue weighted by Crippen LogP contribution is 2.22. The van der Waals surface area contributed by atoms with Crippen molar-refractivity contribution in [2.75, 3.05) is 19.8 Å². The summed E-state index contributed by atoms with van der Waals surface area (Å²) >= 11 is 0. The summed E-state index contributed by atoms with van der Waals surface area (Å²) < 4.78 is 5.35. The number of carbonyl (C=O) groups is 2. The third kappa shape index (κ3) is 6.26. The number of amides is 2. The largest absolute Gasteiger partial charge is 0.381 e. The lowest BCUT2D eigenvalue weighted by atomic mass is 9.88. The Morgan fingerprint density at radius 2 is 1.87 bits per heavy atom. The minimum atomic E-state index is -0.155. The summed E-state index contributed by atoms with van der Waals surface area (Å²) in [7, 11) is 0. The molecule has 1 saturated heterocycles. The summed E-state index contributed by atoms with van der Waals surface area (Å²) in [6, 6.07) is 7.63. The van der Waals surface area contributed by atoms with Crippen LogP contribution in [0.4, 0.5) is 0 Å². The first-order valence-corrected chi connectivity index (χ1v) is 11.0. The molecule has 6 heteroatoms. The molecule has 6 nitrogen and oxygen atoms in total. The zero-order valence-corrected chi connectivity index (χ0v) is 18.0. The Morgan fingerprint density at radius 3 is 2.53 bits per heavy atom. The highest BCUT2D eigenvalue weighted by molar-refractivity contribution is 6.04. The van der Waals surface area contributed by atoms with Crippen LogP contribution in [0.25, 0.3) is 0 Å². The minimum absolute atomic E-state index is 0.0640. The van der Waals surface area contributed by atoms with Gasteiger partial charge >= 0.3 is 0 Å². The number of hydrogen-bond acceptors (Lipinski definition) is 4. The first kappa shape index (κ1) is 22.2. The molecule has 162 valence electrons. The van der Waals surface area contributed by atoms with Gasteiger partial charge in [-0.1, -0.05) is 26.0 Å². The van der Waals surface area contributed by atoms with E-state index in [9.17, 15) is 9.59 Å². The van der Waals surface area contributed by atoms with Crippen LogP contribution in [0.2, 0.25) is 0 Å². The second kappa shape index (κ2) is 10.5. The highest BCUT2D eigenvalue weighted by atomic mass is 16.5. The number of carbonyl (C=O) groups excluding carboxylic acids is 2. The van der Waals surface area contributed by atoms with E-state index in [2.05, 4.69) is 24.5 Å². The average molecular weight is 412 g/mol. The van der Waals surface area contributed by atoms with Gasteiger partial charge in [0.2, 0.25) is 5.91 Å². The fourth-order valence-corrected chi connectivity index (χ4v) is 3.93. The molecule has 1 saturated carbocycles. The van der Waals surface area contributed by atoms with Crippen LogP contribution >= 0.6 is 0 Å². The van der Waals surface area contributed by atoms with Gasteiger partial charge in [-0.2, -0.15) is 0 Å². The number of rotatable bonds is 6. The van der Waals surface area contributed by atoms with Gasteiger partial charge in [0, 0.05) is 43.2 Å².